The third-order valence-electron chi connectivity index (χ3n) is 4.82. The molecule has 29 heavy (non-hydrogen) atoms. The summed E-state index contributed by atoms with van der Waals surface area (Å²) in [5, 5.41) is 3.43. The summed E-state index contributed by atoms with van der Waals surface area (Å²) in [5.41, 5.74) is 0.398. The van der Waals surface area contributed by atoms with E-state index >= 15 is 0 Å². The van der Waals surface area contributed by atoms with Crippen molar-refractivity contribution >= 4 is 23.1 Å². The van der Waals surface area contributed by atoms with Crippen molar-refractivity contribution in [3.05, 3.63) is 71.4 Å². The molecule has 4 nitrogen and oxygen atoms in total. The first kappa shape index (κ1) is 19.4. The monoisotopic (exact) mass is 417 g/mol. The van der Waals surface area contributed by atoms with E-state index in [1.165, 1.54) is 23.5 Å². The first-order valence-electron chi connectivity index (χ1n) is 9.18. The molecule has 1 N–H and O–H groups in total. The maximum absolute atomic E-state index is 12.9. The largest absolute Gasteiger partial charge is 0.416 e. The van der Waals surface area contributed by atoms with Gasteiger partial charge in [-0.15, -0.1) is 11.3 Å². The number of urea groups is 1. The molecular weight excluding hydrogens is 399 g/mol. The predicted molar refractivity (Wildman–Crippen MR) is 107 cm³/mol. The van der Waals surface area contributed by atoms with Gasteiger partial charge < -0.3 is 10.2 Å². The van der Waals surface area contributed by atoms with E-state index in [0.717, 1.165) is 40.4 Å². The highest BCUT2D eigenvalue weighted by molar-refractivity contribution is 7.15. The number of benzene rings is 2. The van der Waals surface area contributed by atoms with E-state index in [1.54, 1.807) is 11.1 Å². The first-order valence-corrected chi connectivity index (χ1v) is 9.99. The van der Waals surface area contributed by atoms with Gasteiger partial charge in [0.2, 0.25) is 0 Å². The van der Waals surface area contributed by atoms with E-state index in [0.29, 0.717) is 6.54 Å². The van der Waals surface area contributed by atoms with Gasteiger partial charge in [0.15, 0.2) is 0 Å². The van der Waals surface area contributed by atoms with Crippen molar-refractivity contribution in [2.75, 3.05) is 11.9 Å². The fourth-order valence-corrected chi connectivity index (χ4v) is 4.48. The minimum Gasteiger partial charge on any atom is -0.315 e. The summed E-state index contributed by atoms with van der Waals surface area (Å²) < 4.78 is 38.7. The number of aromatic nitrogens is 1. The van der Waals surface area contributed by atoms with Crippen LogP contribution in [-0.4, -0.2) is 22.5 Å². The Labute approximate surface area is 170 Å². The number of halogens is 3. The van der Waals surface area contributed by atoms with Gasteiger partial charge >= 0.3 is 12.2 Å². The number of anilines is 1. The van der Waals surface area contributed by atoms with E-state index in [-0.39, 0.29) is 11.7 Å². The summed E-state index contributed by atoms with van der Waals surface area (Å²) in [4.78, 5) is 19.9. The lowest BCUT2D eigenvalue weighted by atomic mass is 10.2. The second kappa shape index (κ2) is 7.87. The molecule has 8 heteroatoms. The van der Waals surface area contributed by atoms with E-state index < -0.39 is 17.8 Å². The van der Waals surface area contributed by atoms with Crippen LogP contribution in [0.3, 0.4) is 0 Å². The van der Waals surface area contributed by atoms with Crippen LogP contribution in [0.15, 0.2) is 60.8 Å². The Morgan fingerprint density at radius 3 is 2.69 bits per heavy atom. The van der Waals surface area contributed by atoms with E-state index in [1.807, 2.05) is 30.3 Å². The molecule has 0 radical (unpaired) electrons. The summed E-state index contributed by atoms with van der Waals surface area (Å²) in [6, 6.07) is 13.9. The molecule has 0 bridgehead atoms. The number of carbonyl (C=O) groups excluding carboxylic acids is 1. The highest BCUT2D eigenvalue weighted by atomic mass is 32.1. The average molecular weight is 417 g/mol. The van der Waals surface area contributed by atoms with Gasteiger partial charge in [-0.05, 0) is 36.6 Å². The number of thiazole rings is 1. The van der Waals surface area contributed by atoms with Crippen molar-refractivity contribution in [1.29, 1.82) is 0 Å². The van der Waals surface area contributed by atoms with E-state index in [2.05, 4.69) is 10.3 Å². The summed E-state index contributed by atoms with van der Waals surface area (Å²) >= 11 is 1.53. The van der Waals surface area contributed by atoms with Gasteiger partial charge in [-0.3, -0.25) is 0 Å². The summed E-state index contributed by atoms with van der Waals surface area (Å²) in [6.45, 7) is 0.537. The zero-order chi connectivity index (χ0) is 20.4. The van der Waals surface area contributed by atoms with Gasteiger partial charge in [-0.25, -0.2) is 9.78 Å². The summed E-state index contributed by atoms with van der Waals surface area (Å²) in [7, 11) is 0. The van der Waals surface area contributed by atoms with Gasteiger partial charge in [0.05, 0.1) is 16.5 Å². The van der Waals surface area contributed by atoms with Crippen LogP contribution < -0.4 is 5.32 Å². The minimum atomic E-state index is -4.45. The molecule has 2 amide bonds. The molecule has 1 saturated heterocycles. The van der Waals surface area contributed by atoms with Gasteiger partial charge in [-0.1, -0.05) is 36.4 Å². The molecule has 0 unspecified atom stereocenters. The van der Waals surface area contributed by atoms with Crippen LogP contribution in [0.2, 0.25) is 0 Å². The number of nitrogens with zero attached hydrogens (tertiary/aromatic N) is 2. The molecule has 2 heterocycles. The summed E-state index contributed by atoms with van der Waals surface area (Å²) in [6.07, 6.45) is -1.05. The Morgan fingerprint density at radius 1 is 1.14 bits per heavy atom. The lowest BCUT2D eigenvalue weighted by Gasteiger charge is -2.23. The molecular formula is C21H18F3N3OS. The zero-order valence-corrected chi connectivity index (χ0v) is 16.1. The molecule has 1 atom stereocenters. The second-order valence-electron chi connectivity index (χ2n) is 6.79. The van der Waals surface area contributed by atoms with E-state index in [9.17, 15) is 18.0 Å². The van der Waals surface area contributed by atoms with Crippen LogP contribution in [0, 0.1) is 0 Å². The zero-order valence-electron chi connectivity index (χ0n) is 15.3. The maximum atomic E-state index is 12.9. The molecule has 2 aromatic carbocycles. The summed E-state index contributed by atoms with van der Waals surface area (Å²) in [5.74, 6) is 0. The lowest BCUT2D eigenvalue weighted by molar-refractivity contribution is -0.137. The Kier molecular flexibility index (Phi) is 5.27. The van der Waals surface area contributed by atoms with Crippen LogP contribution in [-0.2, 0) is 6.18 Å². The fourth-order valence-electron chi connectivity index (χ4n) is 3.41. The highest BCUT2D eigenvalue weighted by Crippen LogP contribution is 2.37. The highest BCUT2D eigenvalue weighted by Gasteiger charge is 2.33. The van der Waals surface area contributed by atoms with Crippen LogP contribution in [0.5, 0.6) is 0 Å². The number of hydrogen-bond acceptors (Lipinski definition) is 3. The Bertz CT molecular complexity index is 1000. The molecule has 1 aromatic heterocycles. The van der Waals surface area contributed by atoms with Gasteiger partial charge in [0.1, 0.15) is 5.01 Å². The number of rotatable bonds is 3. The van der Waals surface area contributed by atoms with Gasteiger partial charge in [0.25, 0.3) is 0 Å². The molecule has 1 aliphatic rings. The number of nitrogens with one attached hydrogen (secondary N) is 1. The molecule has 3 aromatic rings. The standard InChI is InChI=1S/C21H18F3N3OS/c22-21(23,24)15-8-4-9-16(12-15)26-20(28)27-11-5-10-17(27)19-25-13-18(29-19)14-6-2-1-3-7-14/h1-4,6-9,12-13,17H,5,10-11H2,(H,26,28)/t17-/m0/s1. The predicted octanol–water partition coefficient (Wildman–Crippen LogP) is 6.20. The fraction of sp³-hybridized carbons (Fsp3) is 0.238. The molecule has 150 valence electrons. The molecule has 0 aliphatic carbocycles. The first-order chi connectivity index (χ1) is 13.9. The minimum absolute atomic E-state index is 0.125. The lowest BCUT2D eigenvalue weighted by Crippen LogP contribution is -2.34. The van der Waals surface area contributed by atoms with Crippen LogP contribution in [0.1, 0.15) is 29.5 Å². The third kappa shape index (κ3) is 4.27. The average Bonchev–Trinajstić information content (AvgIpc) is 3.38. The third-order valence-corrected chi connectivity index (χ3v) is 5.97. The Morgan fingerprint density at radius 2 is 1.93 bits per heavy atom. The van der Waals surface area contributed by atoms with Crippen molar-refractivity contribution in [2.45, 2.75) is 25.1 Å². The number of likely N-dealkylation sites (tertiary alicyclic amines) is 1. The second-order valence-corrected chi connectivity index (χ2v) is 7.85. The van der Waals surface area contributed by atoms with Crippen molar-refractivity contribution < 1.29 is 18.0 Å². The Balaban J connectivity index is 1.50. The Hall–Kier alpha value is -2.87. The van der Waals surface area contributed by atoms with Crippen LogP contribution in [0.25, 0.3) is 10.4 Å². The number of alkyl halides is 3. The SMILES string of the molecule is O=C(Nc1cccc(C(F)(F)F)c1)N1CCC[C@H]1c1ncc(-c2ccccc2)s1. The smallest absolute Gasteiger partial charge is 0.315 e. The van der Waals surface area contributed by atoms with E-state index in [4.69, 9.17) is 0 Å². The molecule has 0 saturated carbocycles. The molecule has 1 fully saturated rings. The van der Waals surface area contributed by atoms with Gasteiger partial charge in [0, 0.05) is 18.4 Å². The van der Waals surface area contributed by atoms with Crippen LogP contribution in [0.4, 0.5) is 23.7 Å². The quantitative estimate of drug-likeness (QED) is 0.552. The number of amides is 2. The molecule has 1 aliphatic heterocycles. The normalized spacial score (nSPS) is 16.8. The van der Waals surface area contributed by atoms with Crippen molar-refractivity contribution in [2.24, 2.45) is 0 Å². The topological polar surface area (TPSA) is 45.2 Å². The maximum Gasteiger partial charge on any atom is 0.416 e. The van der Waals surface area contributed by atoms with Crippen molar-refractivity contribution in [1.82, 2.24) is 9.88 Å². The van der Waals surface area contributed by atoms with Crippen molar-refractivity contribution in [3.8, 4) is 10.4 Å². The van der Waals surface area contributed by atoms with Crippen LogP contribution >= 0.6 is 11.3 Å². The van der Waals surface area contributed by atoms with Crippen molar-refractivity contribution in [3.63, 3.8) is 0 Å². The molecule has 4 rings (SSSR count). The number of carbonyl (C=O) groups is 1. The van der Waals surface area contributed by atoms with Gasteiger partial charge in [-0.2, -0.15) is 13.2 Å². The molecule has 0 spiro atoms. The number of hydrogen-bond donors (Lipinski definition) is 1.